The van der Waals surface area contributed by atoms with E-state index in [1.807, 2.05) is 76.7 Å². The van der Waals surface area contributed by atoms with Gasteiger partial charge in [0.25, 0.3) is 0 Å². The first-order valence-corrected chi connectivity index (χ1v) is 11.8. The van der Waals surface area contributed by atoms with Crippen molar-refractivity contribution in [3.05, 3.63) is 36.8 Å². The maximum Gasteiger partial charge on any atom is 0.407 e. The molecule has 1 unspecified atom stereocenters. The highest BCUT2D eigenvalue weighted by atomic mass is 35.5. The molecule has 0 aliphatic carbocycles. The van der Waals surface area contributed by atoms with Crippen molar-refractivity contribution in [1.82, 2.24) is 14.9 Å². The Bertz CT molecular complexity index is 744. The van der Waals surface area contributed by atoms with Crippen molar-refractivity contribution in [2.75, 3.05) is 26.7 Å². The van der Waals surface area contributed by atoms with E-state index in [4.69, 9.17) is 9.47 Å². The number of carbonyl (C=O) groups excluding carboxylic acids is 1. The molecular weight excluding hydrogens is 445 g/mol. The number of amides is 1. The molecule has 8 heteroatoms. The molecule has 2 rings (SSSR count). The lowest BCUT2D eigenvalue weighted by atomic mass is 9.97. The SMILES string of the molecule is CC.CC(C)C(CNC(=O)OC(C)(C)C)COc1ccc(-c2cn(C)cn2)cc1.CCl.CF. The van der Waals surface area contributed by atoms with Crippen LogP contribution in [0.15, 0.2) is 36.8 Å². The number of aromatic nitrogens is 2. The van der Waals surface area contributed by atoms with E-state index in [9.17, 15) is 9.18 Å². The Balaban J connectivity index is 0. The molecule has 0 fully saturated rings. The number of alkyl halides is 2. The van der Waals surface area contributed by atoms with E-state index in [1.54, 1.807) is 6.33 Å². The summed E-state index contributed by atoms with van der Waals surface area (Å²) in [5.74, 6) is 1.36. The van der Waals surface area contributed by atoms with Crippen LogP contribution >= 0.6 is 11.6 Å². The Morgan fingerprint density at radius 3 is 2.12 bits per heavy atom. The molecule has 0 aliphatic heterocycles. The second-order valence-electron chi connectivity index (χ2n) is 8.15. The van der Waals surface area contributed by atoms with Gasteiger partial charge < -0.3 is 19.4 Å². The van der Waals surface area contributed by atoms with Crippen LogP contribution in [0.2, 0.25) is 0 Å². The minimum Gasteiger partial charge on any atom is -0.493 e. The summed E-state index contributed by atoms with van der Waals surface area (Å²) in [6.07, 6.45) is 4.84. The van der Waals surface area contributed by atoms with E-state index in [1.165, 1.54) is 6.38 Å². The Morgan fingerprint density at radius 1 is 1.15 bits per heavy atom. The minimum absolute atomic E-state index is 0.188. The summed E-state index contributed by atoms with van der Waals surface area (Å²) in [6.45, 7) is 14.8. The van der Waals surface area contributed by atoms with Crippen molar-refractivity contribution >= 4 is 17.7 Å². The maximum absolute atomic E-state index is 11.9. The number of alkyl carbamates (subject to hydrolysis) is 1. The van der Waals surface area contributed by atoms with Crippen LogP contribution in [0, 0.1) is 11.8 Å². The van der Waals surface area contributed by atoms with Gasteiger partial charge in [0, 0.05) is 37.7 Å². The van der Waals surface area contributed by atoms with Crippen LogP contribution in [-0.2, 0) is 11.8 Å². The fraction of sp³-hybridized carbons (Fsp3) is 0.600. The third kappa shape index (κ3) is 14.5. The number of rotatable bonds is 7. The first kappa shape index (κ1) is 32.9. The smallest absolute Gasteiger partial charge is 0.407 e. The van der Waals surface area contributed by atoms with Crippen molar-refractivity contribution in [1.29, 1.82) is 0 Å². The van der Waals surface area contributed by atoms with Crippen LogP contribution in [0.1, 0.15) is 48.5 Å². The molecule has 0 bridgehead atoms. The van der Waals surface area contributed by atoms with E-state index >= 15 is 0 Å². The summed E-state index contributed by atoms with van der Waals surface area (Å²) in [5, 5.41) is 2.84. The van der Waals surface area contributed by atoms with Crippen LogP contribution in [-0.4, -0.2) is 48.0 Å². The predicted molar refractivity (Wildman–Crippen MR) is 137 cm³/mol. The summed E-state index contributed by atoms with van der Waals surface area (Å²) in [5.41, 5.74) is 1.49. The van der Waals surface area contributed by atoms with Crippen molar-refractivity contribution in [3.63, 3.8) is 0 Å². The lowest BCUT2D eigenvalue weighted by Crippen LogP contribution is -2.38. The van der Waals surface area contributed by atoms with Gasteiger partial charge in [-0.05, 0) is 51.0 Å². The predicted octanol–water partition coefficient (Wildman–Crippen LogP) is 6.73. The fourth-order valence-electron chi connectivity index (χ4n) is 2.50. The zero-order valence-electron chi connectivity index (χ0n) is 21.9. The molecule has 0 saturated heterocycles. The van der Waals surface area contributed by atoms with E-state index in [0.717, 1.165) is 17.0 Å². The molecule has 1 aromatic heterocycles. The normalized spacial score (nSPS) is 10.9. The third-order valence-electron chi connectivity index (χ3n) is 4.17. The van der Waals surface area contributed by atoms with E-state index in [0.29, 0.717) is 26.2 Å². The van der Waals surface area contributed by atoms with Crippen molar-refractivity contribution < 1.29 is 18.7 Å². The van der Waals surface area contributed by atoms with E-state index in [2.05, 4.69) is 35.7 Å². The first-order chi connectivity index (χ1) is 15.6. The number of nitrogens with one attached hydrogen (secondary N) is 1. The van der Waals surface area contributed by atoms with Crippen molar-refractivity contribution in [3.8, 4) is 17.0 Å². The van der Waals surface area contributed by atoms with Gasteiger partial charge in [0.2, 0.25) is 0 Å². The molecule has 0 saturated carbocycles. The topological polar surface area (TPSA) is 65.4 Å². The van der Waals surface area contributed by atoms with Crippen LogP contribution in [0.3, 0.4) is 0 Å². The number of hydrogen-bond acceptors (Lipinski definition) is 4. The molecule has 0 radical (unpaired) electrons. The zero-order valence-corrected chi connectivity index (χ0v) is 22.7. The third-order valence-corrected chi connectivity index (χ3v) is 4.17. The Kier molecular flexibility index (Phi) is 18.1. The van der Waals surface area contributed by atoms with Gasteiger partial charge in [-0.1, -0.05) is 27.7 Å². The Hall–Kier alpha value is -2.28. The molecule has 190 valence electrons. The number of nitrogens with zero attached hydrogens (tertiary/aromatic N) is 2. The van der Waals surface area contributed by atoms with Gasteiger partial charge in [-0.25, -0.2) is 9.78 Å². The van der Waals surface area contributed by atoms with Gasteiger partial charge in [0.15, 0.2) is 0 Å². The molecule has 33 heavy (non-hydrogen) atoms. The molecule has 6 nitrogen and oxygen atoms in total. The monoisotopic (exact) mass is 487 g/mol. The lowest BCUT2D eigenvalue weighted by Gasteiger charge is -2.24. The van der Waals surface area contributed by atoms with E-state index in [-0.39, 0.29) is 5.92 Å². The molecular formula is C25H43ClFN3O3. The van der Waals surface area contributed by atoms with Crippen LogP contribution in [0.4, 0.5) is 9.18 Å². The van der Waals surface area contributed by atoms with Crippen LogP contribution < -0.4 is 10.1 Å². The largest absolute Gasteiger partial charge is 0.493 e. The zero-order chi connectivity index (χ0) is 26.0. The minimum atomic E-state index is -0.497. The van der Waals surface area contributed by atoms with Crippen LogP contribution in [0.25, 0.3) is 11.3 Å². The molecule has 2 aromatic rings. The van der Waals surface area contributed by atoms with Crippen molar-refractivity contribution in [2.24, 2.45) is 18.9 Å². The maximum atomic E-state index is 11.9. The Morgan fingerprint density at radius 2 is 1.70 bits per heavy atom. The molecule has 1 amide bonds. The van der Waals surface area contributed by atoms with E-state index < -0.39 is 11.7 Å². The highest BCUT2D eigenvalue weighted by molar-refractivity contribution is 6.15. The standard InChI is InChI=1S/C21H31N3O3.C2H6.CH3Cl.CH3F/c1-15(2)17(11-22-20(25)27-21(3,4)5)13-26-18-9-7-16(8-10-18)19-12-24(6)14-23-19;3*1-2/h7-10,12,14-15,17H,11,13H2,1-6H3,(H,22,25);1-2H3;2*1H3. The number of ether oxygens (including phenoxy) is 2. The average Bonchev–Trinajstić information content (AvgIpc) is 3.23. The summed E-state index contributed by atoms with van der Waals surface area (Å²) in [4.78, 5) is 16.2. The highest BCUT2D eigenvalue weighted by Gasteiger charge is 2.19. The molecule has 0 spiro atoms. The fourth-order valence-corrected chi connectivity index (χ4v) is 2.50. The van der Waals surface area contributed by atoms with Gasteiger partial charge in [0.1, 0.15) is 11.4 Å². The lowest BCUT2D eigenvalue weighted by molar-refractivity contribution is 0.0507. The number of aryl methyl sites for hydroxylation is 1. The first-order valence-electron chi connectivity index (χ1n) is 11.1. The van der Waals surface area contributed by atoms with Gasteiger partial charge >= 0.3 is 6.09 Å². The summed E-state index contributed by atoms with van der Waals surface area (Å²) < 4.78 is 22.7. The van der Waals surface area contributed by atoms with Crippen LogP contribution in [0.5, 0.6) is 5.75 Å². The number of hydrogen-bond donors (Lipinski definition) is 1. The molecule has 0 aliphatic rings. The molecule has 1 N–H and O–H groups in total. The highest BCUT2D eigenvalue weighted by Crippen LogP contribution is 2.22. The number of halogens is 2. The summed E-state index contributed by atoms with van der Waals surface area (Å²) in [6, 6.07) is 7.90. The van der Waals surface area contributed by atoms with Gasteiger partial charge in [-0.2, -0.15) is 0 Å². The van der Waals surface area contributed by atoms with Gasteiger partial charge in [-0.3, -0.25) is 4.39 Å². The summed E-state index contributed by atoms with van der Waals surface area (Å²) >= 11 is 4.64. The second-order valence-corrected chi connectivity index (χ2v) is 8.15. The Labute approximate surface area is 204 Å². The average molecular weight is 488 g/mol. The molecule has 1 atom stereocenters. The molecule has 1 heterocycles. The van der Waals surface area contributed by atoms with Crippen molar-refractivity contribution in [2.45, 2.75) is 54.1 Å². The quantitative estimate of drug-likeness (QED) is 0.439. The number of benzene rings is 1. The number of carbonyl (C=O) groups is 1. The second kappa shape index (κ2) is 18.2. The van der Waals surface area contributed by atoms with Gasteiger partial charge in [-0.15, -0.1) is 11.6 Å². The summed E-state index contributed by atoms with van der Waals surface area (Å²) in [7, 11) is 2.45. The number of imidazole rings is 1. The van der Waals surface area contributed by atoms with Gasteiger partial charge in [0.05, 0.1) is 25.8 Å². The molecule has 1 aromatic carbocycles.